The van der Waals surface area contributed by atoms with Gasteiger partial charge in [-0.05, 0) is 57.9 Å². The Hall–Kier alpha value is -0.810. The van der Waals surface area contributed by atoms with E-state index >= 15 is 0 Å². The Labute approximate surface area is 141 Å². The van der Waals surface area contributed by atoms with Crippen LogP contribution in [0.25, 0.3) is 0 Å². The molecule has 0 radical (unpaired) electrons. The standard InChI is InChI=1S/C18H36N2O3/c1-17(2,3)11-15(21)13-19-12-14-7-9-20(10-8-14)16(22)23-18(4,5)6/h14-15,19,21H,7-13H2,1-6H3. The van der Waals surface area contributed by atoms with Gasteiger partial charge in [0.1, 0.15) is 5.60 Å². The fourth-order valence-corrected chi connectivity index (χ4v) is 2.88. The van der Waals surface area contributed by atoms with Gasteiger partial charge in [0.2, 0.25) is 0 Å². The molecule has 1 rings (SSSR count). The van der Waals surface area contributed by atoms with Crippen molar-refractivity contribution in [2.45, 2.75) is 72.5 Å². The summed E-state index contributed by atoms with van der Waals surface area (Å²) in [5, 5.41) is 13.4. The van der Waals surface area contributed by atoms with Gasteiger partial charge in [0.25, 0.3) is 0 Å². The van der Waals surface area contributed by atoms with Gasteiger partial charge in [-0.15, -0.1) is 0 Å². The molecule has 0 aromatic rings. The van der Waals surface area contributed by atoms with Crippen LogP contribution in [0.15, 0.2) is 0 Å². The Balaban J connectivity index is 2.20. The van der Waals surface area contributed by atoms with Crippen LogP contribution in [0.4, 0.5) is 4.79 Å². The lowest BCUT2D eigenvalue weighted by Crippen LogP contribution is -2.43. The molecule has 0 spiro atoms. The summed E-state index contributed by atoms with van der Waals surface area (Å²) in [6, 6.07) is 0. The van der Waals surface area contributed by atoms with E-state index in [0.717, 1.165) is 38.9 Å². The molecule has 0 aromatic carbocycles. The van der Waals surface area contributed by atoms with Gasteiger partial charge in [-0.2, -0.15) is 0 Å². The Morgan fingerprint density at radius 2 is 1.78 bits per heavy atom. The number of rotatable bonds is 5. The Kier molecular flexibility index (Phi) is 7.33. The average molecular weight is 328 g/mol. The van der Waals surface area contributed by atoms with E-state index in [0.29, 0.717) is 12.5 Å². The number of aliphatic hydroxyl groups is 1. The second-order valence-electron chi connectivity index (χ2n) is 8.99. The average Bonchev–Trinajstić information content (AvgIpc) is 2.35. The van der Waals surface area contributed by atoms with Crippen molar-refractivity contribution < 1.29 is 14.6 Å². The van der Waals surface area contributed by atoms with Crippen molar-refractivity contribution in [2.24, 2.45) is 11.3 Å². The van der Waals surface area contributed by atoms with Crippen LogP contribution in [0.2, 0.25) is 0 Å². The van der Waals surface area contributed by atoms with E-state index in [1.807, 2.05) is 20.8 Å². The number of carbonyl (C=O) groups is 1. The molecule has 136 valence electrons. The molecule has 1 fully saturated rings. The summed E-state index contributed by atoms with van der Waals surface area (Å²) in [7, 11) is 0. The van der Waals surface area contributed by atoms with Gasteiger partial charge in [-0.3, -0.25) is 0 Å². The zero-order valence-electron chi connectivity index (χ0n) is 15.8. The van der Waals surface area contributed by atoms with Gasteiger partial charge in [0, 0.05) is 19.6 Å². The van der Waals surface area contributed by atoms with Gasteiger partial charge in [-0.25, -0.2) is 4.79 Å². The van der Waals surface area contributed by atoms with E-state index in [9.17, 15) is 9.90 Å². The van der Waals surface area contributed by atoms with Crippen molar-refractivity contribution in [3.05, 3.63) is 0 Å². The van der Waals surface area contributed by atoms with Crippen molar-refractivity contribution >= 4 is 6.09 Å². The molecule has 1 aliphatic rings. The summed E-state index contributed by atoms with van der Waals surface area (Å²) in [6.07, 6.45) is 2.28. The number of aliphatic hydroxyl groups excluding tert-OH is 1. The number of likely N-dealkylation sites (tertiary alicyclic amines) is 1. The second-order valence-corrected chi connectivity index (χ2v) is 8.99. The molecule has 0 aromatic heterocycles. The van der Waals surface area contributed by atoms with Crippen LogP contribution in [0.1, 0.15) is 60.8 Å². The first-order chi connectivity index (χ1) is 10.5. The number of amides is 1. The Morgan fingerprint density at radius 3 is 2.26 bits per heavy atom. The summed E-state index contributed by atoms with van der Waals surface area (Å²) in [5.74, 6) is 0.565. The predicted molar refractivity (Wildman–Crippen MR) is 93.5 cm³/mol. The molecule has 1 atom stereocenters. The summed E-state index contributed by atoms with van der Waals surface area (Å²) >= 11 is 0. The third kappa shape index (κ3) is 9.16. The number of nitrogens with zero attached hydrogens (tertiary/aromatic N) is 1. The molecule has 2 N–H and O–H groups in total. The van der Waals surface area contributed by atoms with Crippen LogP contribution in [-0.4, -0.2) is 54.0 Å². The van der Waals surface area contributed by atoms with E-state index in [1.165, 1.54) is 0 Å². The minimum atomic E-state index is -0.432. The van der Waals surface area contributed by atoms with Gasteiger partial charge >= 0.3 is 6.09 Å². The van der Waals surface area contributed by atoms with Crippen LogP contribution >= 0.6 is 0 Å². The SMILES string of the molecule is CC(C)(C)CC(O)CNCC1CCN(C(=O)OC(C)(C)C)CC1. The van der Waals surface area contributed by atoms with Crippen LogP contribution in [0, 0.1) is 11.3 Å². The Morgan fingerprint density at radius 1 is 1.22 bits per heavy atom. The molecule has 0 saturated carbocycles. The number of ether oxygens (including phenoxy) is 1. The lowest BCUT2D eigenvalue weighted by atomic mass is 9.89. The highest BCUT2D eigenvalue weighted by atomic mass is 16.6. The van der Waals surface area contributed by atoms with E-state index in [4.69, 9.17) is 4.74 Å². The fourth-order valence-electron chi connectivity index (χ4n) is 2.88. The predicted octanol–water partition coefficient (Wildman–Crippen LogP) is 3.02. The van der Waals surface area contributed by atoms with E-state index in [2.05, 4.69) is 26.1 Å². The third-order valence-electron chi connectivity index (χ3n) is 3.93. The molecule has 5 nitrogen and oxygen atoms in total. The minimum Gasteiger partial charge on any atom is -0.444 e. The molecule has 0 bridgehead atoms. The topological polar surface area (TPSA) is 61.8 Å². The van der Waals surface area contributed by atoms with Crippen molar-refractivity contribution in [2.75, 3.05) is 26.2 Å². The largest absolute Gasteiger partial charge is 0.444 e. The van der Waals surface area contributed by atoms with Crippen LogP contribution < -0.4 is 5.32 Å². The molecular formula is C18H36N2O3. The molecule has 1 unspecified atom stereocenters. The monoisotopic (exact) mass is 328 g/mol. The zero-order chi connectivity index (χ0) is 17.7. The Bertz CT molecular complexity index is 363. The van der Waals surface area contributed by atoms with Gasteiger partial charge < -0.3 is 20.1 Å². The van der Waals surface area contributed by atoms with Crippen molar-refractivity contribution in [1.82, 2.24) is 10.2 Å². The number of piperidine rings is 1. The number of carbonyl (C=O) groups excluding carboxylic acids is 1. The molecule has 0 aliphatic carbocycles. The van der Waals surface area contributed by atoms with Gasteiger partial charge in [0.05, 0.1) is 6.10 Å². The summed E-state index contributed by atoms with van der Waals surface area (Å²) < 4.78 is 5.41. The zero-order valence-corrected chi connectivity index (χ0v) is 15.8. The number of hydrogen-bond acceptors (Lipinski definition) is 4. The van der Waals surface area contributed by atoms with E-state index in [-0.39, 0.29) is 17.6 Å². The molecular weight excluding hydrogens is 292 g/mol. The van der Waals surface area contributed by atoms with E-state index < -0.39 is 5.60 Å². The van der Waals surface area contributed by atoms with Crippen LogP contribution in [0.3, 0.4) is 0 Å². The van der Waals surface area contributed by atoms with Crippen molar-refractivity contribution in [3.8, 4) is 0 Å². The van der Waals surface area contributed by atoms with Gasteiger partial charge in [-0.1, -0.05) is 20.8 Å². The normalized spacial score (nSPS) is 18.8. The molecule has 1 heterocycles. The molecule has 5 heteroatoms. The fraction of sp³-hybridized carbons (Fsp3) is 0.944. The molecule has 1 aliphatic heterocycles. The first kappa shape index (κ1) is 20.2. The highest BCUT2D eigenvalue weighted by molar-refractivity contribution is 5.68. The highest BCUT2D eigenvalue weighted by Crippen LogP contribution is 2.21. The third-order valence-corrected chi connectivity index (χ3v) is 3.93. The lowest BCUT2D eigenvalue weighted by molar-refractivity contribution is 0.0183. The van der Waals surface area contributed by atoms with Crippen LogP contribution in [-0.2, 0) is 4.74 Å². The maximum atomic E-state index is 12.0. The first-order valence-corrected chi connectivity index (χ1v) is 8.83. The first-order valence-electron chi connectivity index (χ1n) is 8.83. The molecule has 23 heavy (non-hydrogen) atoms. The minimum absolute atomic E-state index is 0.153. The van der Waals surface area contributed by atoms with Crippen LogP contribution in [0.5, 0.6) is 0 Å². The smallest absolute Gasteiger partial charge is 0.410 e. The summed E-state index contributed by atoms with van der Waals surface area (Å²) in [6.45, 7) is 15.2. The van der Waals surface area contributed by atoms with Gasteiger partial charge in [0.15, 0.2) is 0 Å². The van der Waals surface area contributed by atoms with Crippen molar-refractivity contribution in [1.29, 1.82) is 0 Å². The molecule has 1 amide bonds. The quantitative estimate of drug-likeness (QED) is 0.814. The van der Waals surface area contributed by atoms with E-state index in [1.54, 1.807) is 4.90 Å². The second kappa shape index (κ2) is 8.34. The molecule has 1 saturated heterocycles. The number of nitrogens with one attached hydrogen (secondary N) is 1. The van der Waals surface area contributed by atoms with Crippen molar-refractivity contribution in [3.63, 3.8) is 0 Å². The number of hydrogen-bond donors (Lipinski definition) is 2. The lowest BCUT2D eigenvalue weighted by Gasteiger charge is -2.33. The maximum absolute atomic E-state index is 12.0. The maximum Gasteiger partial charge on any atom is 0.410 e. The highest BCUT2D eigenvalue weighted by Gasteiger charge is 2.26. The summed E-state index contributed by atoms with van der Waals surface area (Å²) in [5.41, 5.74) is -0.279. The summed E-state index contributed by atoms with van der Waals surface area (Å²) in [4.78, 5) is 13.8.